The van der Waals surface area contributed by atoms with Crippen molar-refractivity contribution in [3.05, 3.63) is 107 Å². The summed E-state index contributed by atoms with van der Waals surface area (Å²) in [5.41, 5.74) is 3.98. The third-order valence-corrected chi connectivity index (χ3v) is 7.42. The van der Waals surface area contributed by atoms with Crippen molar-refractivity contribution < 1.29 is 19.1 Å². The lowest BCUT2D eigenvalue weighted by molar-refractivity contribution is -0.119. The molecule has 1 atom stereocenters. The molecule has 5 rings (SSSR count). The van der Waals surface area contributed by atoms with Crippen LogP contribution in [0.1, 0.15) is 47.4 Å². The van der Waals surface area contributed by atoms with Crippen LogP contribution in [-0.4, -0.2) is 48.6 Å². The Morgan fingerprint density at radius 1 is 0.900 bits per heavy atom. The number of unbranched alkanes of at least 4 members (excludes halogenated alkanes) is 1. The van der Waals surface area contributed by atoms with Gasteiger partial charge in [-0.3, -0.25) is 14.5 Å². The van der Waals surface area contributed by atoms with E-state index in [1.807, 2.05) is 71.8 Å². The molecule has 1 aromatic heterocycles. The maximum Gasteiger partial charge on any atom is 0.254 e. The number of benzene rings is 3. The van der Waals surface area contributed by atoms with Crippen LogP contribution in [-0.2, 0) is 4.79 Å². The predicted octanol–water partition coefficient (Wildman–Crippen LogP) is 6.53. The lowest BCUT2D eigenvalue weighted by Crippen LogP contribution is -2.47. The molecule has 40 heavy (non-hydrogen) atoms. The SMILES string of the molecule is CCCCN(CC(=O)N1c2ccccc2-n2cccc2C1c1ccc(Cl)cc1)C(=O)c1cc(OC)cc(OC)c1. The Hall–Kier alpha value is -4.23. The van der Waals surface area contributed by atoms with Gasteiger partial charge in [-0.25, -0.2) is 0 Å². The van der Waals surface area contributed by atoms with Gasteiger partial charge in [0.2, 0.25) is 5.91 Å². The van der Waals surface area contributed by atoms with Crippen LogP contribution in [0.4, 0.5) is 5.69 Å². The monoisotopic (exact) mass is 557 g/mol. The van der Waals surface area contributed by atoms with Crippen molar-refractivity contribution >= 4 is 29.1 Å². The number of para-hydroxylation sites is 2. The second kappa shape index (κ2) is 11.9. The summed E-state index contributed by atoms with van der Waals surface area (Å²) in [5.74, 6) is 0.589. The minimum Gasteiger partial charge on any atom is -0.497 e. The maximum absolute atomic E-state index is 14.3. The molecule has 0 bridgehead atoms. The molecule has 4 aromatic rings. The quantitative estimate of drug-likeness (QED) is 0.235. The molecule has 0 fully saturated rings. The summed E-state index contributed by atoms with van der Waals surface area (Å²) < 4.78 is 12.9. The molecule has 1 aliphatic rings. The average molecular weight is 558 g/mol. The van der Waals surface area contributed by atoms with Gasteiger partial charge in [0.1, 0.15) is 24.1 Å². The van der Waals surface area contributed by atoms with Crippen LogP contribution < -0.4 is 14.4 Å². The third kappa shape index (κ3) is 5.29. The second-order valence-electron chi connectivity index (χ2n) is 9.69. The number of nitrogens with zero attached hydrogens (tertiary/aromatic N) is 3. The van der Waals surface area contributed by atoms with Crippen molar-refractivity contribution in [1.82, 2.24) is 9.47 Å². The van der Waals surface area contributed by atoms with E-state index < -0.39 is 6.04 Å². The van der Waals surface area contributed by atoms with Crippen LogP contribution in [0, 0.1) is 0 Å². The lowest BCUT2D eigenvalue weighted by Gasteiger charge is -2.39. The summed E-state index contributed by atoms with van der Waals surface area (Å²) >= 11 is 6.22. The first-order valence-electron chi connectivity index (χ1n) is 13.3. The maximum atomic E-state index is 14.3. The minimum absolute atomic E-state index is 0.0858. The number of fused-ring (bicyclic) bond motifs is 3. The highest BCUT2D eigenvalue weighted by atomic mass is 35.5. The van der Waals surface area contributed by atoms with Crippen LogP contribution in [0.15, 0.2) is 85.1 Å². The Morgan fingerprint density at radius 3 is 2.23 bits per heavy atom. The summed E-state index contributed by atoms with van der Waals surface area (Å²) in [5, 5.41) is 0.623. The number of rotatable bonds is 9. The number of halogens is 1. The van der Waals surface area contributed by atoms with E-state index in [1.54, 1.807) is 37.3 Å². The fourth-order valence-corrected chi connectivity index (χ4v) is 5.30. The van der Waals surface area contributed by atoms with Gasteiger partial charge in [0.05, 0.1) is 31.3 Å². The summed E-state index contributed by atoms with van der Waals surface area (Å²) in [4.78, 5) is 31.6. The molecule has 2 amide bonds. The van der Waals surface area contributed by atoms with Gasteiger partial charge in [-0.1, -0.05) is 49.2 Å². The zero-order valence-corrected chi connectivity index (χ0v) is 23.6. The first-order valence-corrected chi connectivity index (χ1v) is 13.7. The van der Waals surface area contributed by atoms with E-state index in [9.17, 15) is 9.59 Å². The Morgan fingerprint density at radius 2 is 1.57 bits per heavy atom. The van der Waals surface area contributed by atoms with E-state index in [1.165, 1.54) is 0 Å². The van der Waals surface area contributed by atoms with Crippen molar-refractivity contribution in [2.24, 2.45) is 0 Å². The van der Waals surface area contributed by atoms with Crippen LogP contribution in [0.3, 0.4) is 0 Å². The molecular weight excluding hydrogens is 526 g/mol. The number of carbonyl (C=O) groups is 2. The van der Waals surface area contributed by atoms with Crippen molar-refractivity contribution in [2.75, 3.05) is 32.2 Å². The Kier molecular flexibility index (Phi) is 8.12. The van der Waals surface area contributed by atoms with E-state index in [0.717, 1.165) is 35.5 Å². The fraction of sp³-hybridized carbons (Fsp3) is 0.250. The van der Waals surface area contributed by atoms with Crippen LogP contribution >= 0.6 is 11.6 Å². The molecule has 7 nitrogen and oxygen atoms in total. The number of ether oxygens (including phenoxy) is 2. The largest absolute Gasteiger partial charge is 0.497 e. The van der Waals surface area contributed by atoms with Gasteiger partial charge in [-0.05, 0) is 60.5 Å². The zero-order chi connectivity index (χ0) is 28.2. The zero-order valence-electron chi connectivity index (χ0n) is 22.8. The topological polar surface area (TPSA) is 64.0 Å². The molecule has 1 unspecified atom stereocenters. The molecule has 3 aromatic carbocycles. The molecule has 0 saturated carbocycles. The summed E-state index contributed by atoms with van der Waals surface area (Å²) in [7, 11) is 3.09. The number of amides is 2. The van der Waals surface area contributed by atoms with Crippen molar-refractivity contribution in [1.29, 1.82) is 0 Å². The Bertz CT molecular complexity index is 1490. The predicted molar refractivity (Wildman–Crippen MR) is 157 cm³/mol. The molecule has 0 saturated heterocycles. The van der Waals surface area contributed by atoms with Gasteiger partial charge < -0.3 is 18.9 Å². The summed E-state index contributed by atoms with van der Waals surface area (Å²) in [6, 6.07) is 24.1. The third-order valence-electron chi connectivity index (χ3n) is 7.17. The van der Waals surface area contributed by atoms with Crippen molar-refractivity contribution in [3.8, 4) is 17.2 Å². The van der Waals surface area contributed by atoms with Crippen molar-refractivity contribution in [2.45, 2.75) is 25.8 Å². The standard InChI is InChI=1S/C32H32ClN3O4/c1-4-5-16-34(32(38)23-18-25(39-2)20-26(19-23)40-3)21-30(37)36-28-10-7-6-9-27(28)35-17-8-11-29(35)31(36)22-12-14-24(33)15-13-22/h6-15,17-20,31H,4-5,16,21H2,1-3H3. The Labute approximate surface area is 239 Å². The fourth-order valence-electron chi connectivity index (χ4n) is 5.18. The van der Waals surface area contributed by atoms with Gasteiger partial charge in [0, 0.05) is 29.4 Å². The Balaban J connectivity index is 1.55. The average Bonchev–Trinajstić information content (AvgIpc) is 3.48. The van der Waals surface area contributed by atoms with Gasteiger partial charge >= 0.3 is 0 Å². The first kappa shape index (κ1) is 27.3. The van der Waals surface area contributed by atoms with E-state index >= 15 is 0 Å². The number of methoxy groups -OCH3 is 2. The van der Waals surface area contributed by atoms with E-state index in [4.69, 9.17) is 21.1 Å². The molecule has 0 aliphatic carbocycles. The van der Waals surface area contributed by atoms with Gasteiger partial charge in [0.15, 0.2) is 0 Å². The molecule has 206 valence electrons. The lowest BCUT2D eigenvalue weighted by atomic mass is 9.97. The van der Waals surface area contributed by atoms with E-state index in [0.29, 0.717) is 28.6 Å². The second-order valence-corrected chi connectivity index (χ2v) is 10.1. The van der Waals surface area contributed by atoms with Crippen molar-refractivity contribution in [3.63, 3.8) is 0 Å². The number of anilines is 1. The minimum atomic E-state index is -0.394. The first-order chi connectivity index (χ1) is 19.4. The van der Waals surface area contributed by atoms with Gasteiger partial charge in [-0.2, -0.15) is 0 Å². The summed E-state index contributed by atoms with van der Waals surface area (Å²) in [6.45, 7) is 2.42. The molecular formula is C32H32ClN3O4. The number of hydrogen-bond acceptors (Lipinski definition) is 4. The molecule has 0 spiro atoms. The van der Waals surface area contributed by atoms with Gasteiger partial charge in [-0.15, -0.1) is 0 Å². The highest BCUT2D eigenvalue weighted by Crippen LogP contribution is 2.42. The van der Waals surface area contributed by atoms with Gasteiger partial charge in [0.25, 0.3) is 5.91 Å². The highest BCUT2D eigenvalue weighted by Gasteiger charge is 2.37. The van der Waals surface area contributed by atoms with E-state index in [2.05, 4.69) is 11.5 Å². The normalized spacial score (nSPS) is 13.8. The van der Waals surface area contributed by atoms with Crippen LogP contribution in [0.25, 0.3) is 5.69 Å². The number of aromatic nitrogens is 1. The van der Waals surface area contributed by atoms with Crippen LogP contribution in [0.5, 0.6) is 11.5 Å². The van der Waals surface area contributed by atoms with Crippen LogP contribution in [0.2, 0.25) is 5.02 Å². The molecule has 0 radical (unpaired) electrons. The summed E-state index contributed by atoms with van der Waals surface area (Å²) in [6.07, 6.45) is 3.65. The smallest absolute Gasteiger partial charge is 0.254 e. The molecule has 1 aliphatic heterocycles. The number of hydrogen-bond donors (Lipinski definition) is 0. The molecule has 2 heterocycles. The van der Waals surface area contributed by atoms with E-state index in [-0.39, 0.29) is 18.4 Å². The number of carbonyl (C=O) groups excluding carboxylic acids is 2. The molecule has 0 N–H and O–H groups in total. The highest BCUT2D eigenvalue weighted by molar-refractivity contribution is 6.30. The molecule has 8 heteroatoms.